The third kappa shape index (κ3) is 2.97. The Kier molecular flexibility index (Phi) is 3.91. The largest absolute Gasteiger partial charge is 0.573 e. The smallest absolute Gasteiger partial charge is 0.489 e. The van der Waals surface area contributed by atoms with E-state index in [0.29, 0.717) is 6.20 Å². The van der Waals surface area contributed by atoms with Gasteiger partial charge in [-0.2, -0.15) is 0 Å². The molecule has 0 atom stereocenters. The Labute approximate surface area is 97.9 Å². The highest BCUT2D eigenvalue weighted by atomic mass is 19.4. The quantitative estimate of drug-likeness (QED) is 0.655. The summed E-state index contributed by atoms with van der Waals surface area (Å²) in [4.78, 5) is 12.8. The molecule has 7 nitrogen and oxygen atoms in total. The van der Waals surface area contributed by atoms with Crippen LogP contribution in [0.5, 0.6) is 11.5 Å². The molecule has 0 spiro atoms. The second-order valence-electron chi connectivity index (χ2n) is 2.92. The maximum Gasteiger partial charge on any atom is 0.573 e. The molecule has 0 aromatic carbocycles. The fraction of sp³-hybridized carbons (Fsp3) is 0.375. The van der Waals surface area contributed by atoms with Gasteiger partial charge in [0.05, 0.1) is 19.3 Å². The third-order valence-corrected chi connectivity index (χ3v) is 1.84. The van der Waals surface area contributed by atoms with Gasteiger partial charge in [0.15, 0.2) is 11.9 Å². The molecule has 1 aromatic heterocycles. The summed E-state index contributed by atoms with van der Waals surface area (Å²) in [5, 5.41) is 19.5. The van der Waals surface area contributed by atoms with E-state index in [4.69, 9.17) is 5.11 Å². The van der Waals surface area contributed by atoms with E-state index < -0.39 is 40.8 Å². The van der Waals surface area contributed by atoms with Gasteiger partial charge in [0, 0.05) is 0 Å². The number of aliphatic hydroxyl groups excluding tert-OH is 1. The first-order chi connectivity index (χ1) is 8.30. The number of halogens is 3. The Morgan fingerprint density at radius 2 is 2.17 bits per heavy atom. The van der Waals surface area contributed by atoms with Crippen molar-refractivity contribution in [3.63, 3.8) is 0 Å². The molecule has 1 aromatic rings. The minimum atomic E-state index is -5.01. The van der Waals surface area contributed by atoms with Crippen molar-refractivity contribution in [2.24, 2.45) is 0 Å². The van der Waals surface area contributed by atoms with E-state index in [0.717, 1.165) is 7.11 Å². The molecule has 0 aliphatic rings. The van der Waals surface area contributed by atoms with E-state index in [1.54, 1.807) is 0 Å². The molecular weight excluding hydrogens is 261 g/mol. The van der Waals surface area contributed by atoms with Crippen LogP contribution >= 0.6 is 0 Å². The van der Waals surface area contributed by atoms with Crippen molar-refractivity contribution in [2.45, 2.75) is 13.0 Å². The van der Waals surface area contributed by atoms with Gasteiger partial charge in [-0.15, -0.1) is 13.2 Å². The minimum absolute atomic E-state index is 0.500. The molecule has 0 bridgehead atoms. The summed E-state index contributed by atoms with van der Waals surface area (Å²) in [6.07, 6.45) is -4.51. The Bertz CT molecular complexity index is 463. The van der Waals surface area contributed by atoms with Crippen LogP contribution in [0.4, 0.5) is 19.0 Å². The lowest BCUT2D eigenvalue weighted by Crippen LogP contribution is -2.19. The number of ether oxygens (including phenoxy) is 2. The topological polar surface area (TPSA) is 94.7 Å². The van der Waals surface area contributed by atoms with Crippen LogP contribution in [0, 0.1) is 10.1 Å². The first kappa shape index (κ1) is 14.0. The van der Waals surface area contributed by atoms with E-state index in [1.165, 1.54) is 0 Å². The van der Waals surface area contributed by atoms with E-state index in [-0.39, 0.29) is 0 Å². The molecule has 0 saturated heterocycles. The van der Waals surface area contributed by atoms with Crippen molar-refractivity contribution in [1.29, 1.82) is 0 Å². The molecule has 0 saturated carbocycles. The Morgan fingerprint density at radius 3 is 2.56 bits per heavy atom. The number of aromatic nitrogens is 1. The predicted octanol–water partition coefficient (Wildman–Crippen LogP) is 1.39. The monoisotopic (exact) mass is 268 g/mol. The van der Waals surface area contributed by atoms with Crippen molar-refractivity contribution < 1.29 is 32.7 Å². The lowest BCUT2D eigenvalue weighted by Gasteiger charge is -2.12. The Hall–Kier alpha value is -2.10. The van der Waals surface area contributed by atoms with Crippen LogP contribution in [0.2, 0.25) is 0 Å². The van der Waals surface area contributed by atoms with Crippen LogP contribution in [0.15, 0.2) is 6.20 Å². The lowest BCUT2D eigenvalue weighted by atomic mass is 10.2. The fourth-order valence-electron chi connectivity index (χ4n) is 1.21. The first-order valence-electron chi connectivity index (χ1n) is 4.37. The number of hydrogen-bond donors (Lipinski definition) is 1. The number of alkyl halides is 3. The van der Waals surface area contributed by atoms with Crippen molar-refractivity contribution >= 4 is 5.82 Å². The number of pyridine rings is 1. The van der Waals surface area contributed by atoms with Crippen LogP contribution in [0.3, 0.4) is 0 Å². The molecule has 100 valence electrons. The van der Waals surface area contributed by atoms with Gasteiger partial charge in [-0.1, -0.05) is 0 Å². The third-order valence-electron chi connectivity index (χ3n) is 1.84. The summed E-state index contributed by atoms with van der Waals surface area (Å²) >= 11 is 0. The van der Waals surface area contributed by atoms with Gasteiger partial charge in [0.1, 0.15) is 0 Å². The molecule has 18 heavy (non-hydrogen) atoms. The Balaban J connectivity index is 3.34. The second kappa shape index (κ2) is 5.04. The molecule has 0 radical (unpaired) electrons. The number of hydrogen-bond acceptors (Lipinski definition) is 6. The molecule has 0 amide bonds. The van der Waals surface area contributed by atoms with Crippen molar-refractivity contribution in [1.82, 2.24) is 4.98 Å². The highest BCUT2D eigenvalue weighted by Gasteiger charge is 2.35. The zero-order valence-electron chi connectivity index (χ0n) is 8.89. The first-order valence-corrected chi connectivity index (χ1v) is 4.37. The Morgan fingerprint density at radius 1 is 1.56 bits per heavy atom. The molecule has 10 heteroatoms. The standard InChI is InChI=1S/C8H7F3N2O5/c1-17-6-4(3-14)5(18-8(9,10)11)2-12-7(6)13(15)16/h2,14H,3H2,1H3. The molecule has 0 aliphatic heterocycles. The molecule has 1 N–H and O–H groups in total. The molecule has 1 heterocycles. The maximum atomic E-state index is 12.0. The molecular formula is C8H7F3N2O5. The van der Waals surface area contributed by atoms with Gasteiger partial charge >= 0.3 is 12.2 Å². The van der Waals surface area contributed by atoms with Gasteiger partial charge in [0.25, 0.3) is 0 Å². The van der Waals surface area contributed by atoms with Gasteiger partial charge in [-0.25, -0.2) is 0 Å². The number of aliphatic hydroxyl groups is 1. The van der Waals surface area contributed by atoms with Gasteiger partial charge in [0.2, 0.25) is 5.75 Å². The summed E-state index contributed by atoms with van der Waals surface area (Å²) in [6.45, 7) is -0.933. The zero-order chi connectivity index (χ0) is 13.9. The predicted molar refractivity (Wildman–Crippen MR) is 50.0 cm³/mol. The molecule has 0 fully saturated rings. The number of rotatable bonds is 4. The summed E-state index contributed by atoms with van der Waals surface area (Å²) in [5.41, 5.74) is -0.503. The van der Waals surface area contributed by atoms with Crippen molar-refractivity contribution in [3.8, 4) is 11.5 Å². The summed E-state index contributed by atoms with van der Waals surface area (Å²) in [5.74, 6) is -2.24. The van der Waals surface area contributed by atoms with E-state index in [1.807, 2.05) is 0 Å². The highest BCUT2D eigenvalue weighted by Crippen LogP contribution is 2.37. The van der Waals surface area contributed by atoms with Crippen LogP contribution in [0.1, 0.15) is 5.56 Å². The van der Waals surface area contributed by atoms with Crippen LogP contribution in [0.25, 0.3) is 0 Å². The lowest BCUT2D eigenvalue weighted by molar-refractivity contribution is -0.390. The zero-order valence-corrected chi connectivity index (χ0v) is 8.89. The number of nitrogens with zero attached hydrogens (tertiary/aromatic N) is 2. The average Bonchev–Trinajstić information content (AvgIpc) is 2.25. The van der Waals surface area contributed by atoms with Gasteiger partial charge < -0.3 is 24.7 Å². The highest BCUT2D eigenvalue weighted by molar-refractivity contribution is 5.52. The number of methoxy groups -OCH3 is 1. The number of nitro groups is 1. The van der Waals surface area contributed by atoms with E-state index in [9.17, 15) is 23.3 Å². The van der Waals surface area contributed by atoms with E-state index >= 15 is 0 Å². The summed E-state index contributed by atoms with van der Waals surface area (Å²) in [7, 11) is 1.00. The SMILES string of the molecule is COc1c([N+](=O)[O-])ncc(OC(F)(F)F)c1CO. The maximum absolute atomic E-state index is 12.0. The average molecular weight is 268 g/mol. The van der Waals surface area contributed by atoms with Gasteiger partial charge in [-0.05, 0) is 9.91 Å². The van der Waals surface area contributed by atoms with E-state index in [2.05, 4.69) is 14.5 Å². The molecule has 1 rings (SSSR count). The minimum Gasteiger partial charge on any atom is -0.489 e. The normalized spacial score (nSPS) is 11.2. The van der Waals surface area contributed by atoms with Gasteiger partial charge in [-0.3, -0.25) is 0 Å². The molecule has 0 aliphatic carbocycles. The molecule has 0 unspecified atom stereocenters. The van der Waals surface area contributed by atoms with Crippen molar-refractivity contribution in [2.75, 3.05) is 7.11 Å². The fourth-order valence-corrected chi connectivity index (χ4v) is 1.21. The summed E-state index contributed by atoms with van der Waals surface area (Å²) in [6, 6.07) is 0. The second-order valence-corrected chi connectivity index (χ2v) is 2.92. The van der Waals surface area contributed by atoms with Crippen LogP contribution < -0.4 is 9.47 Å². The van der Waals surface area contributed by atoms with Crippen LogP contribution in [-0.2, 0) is 6.61 Å². The van der Waals surface area contributed by atoms with Crippen LogP contribution in [-0.4, -0.2) is 28.5 Å². The summed E-state index contributed by atoms with van der Waals surface area (Å²) < 4.78 is 44.3. The van der Waals surface area contributed by atoms with Crippen molar-refractivity contribution in [3.05, 3.63) is 21.9 Å².